The van der Waals surface area contributed by atoms with Gasteiger partial charge in [0.15, 0.2) is 0 Å². The van der Waals surface area contributed by atoms with Gasteiger partial charge in [-0.2, -0.15) is 5.10 Å². The van der Waals surface area contributed by atoms with Crippen LogP contribution in [0.4, 0.5) is 0 Å². The van der Waals surface area contributed by atoms with E-state index in [-0.39, 0.29) is 17.5 Å². The smallest absolute Gasteiger partial charge is 0.338 e. The van der Waals surface area contributed by atoms with Gasteiger partial charge in [0, 0.05) is 24.2 Å². The number of aromatic nitrogens is 2. The zero-order valence-electron chi connectivity index (χ0n) is 15.4. The Balaban J connectivity index is 1.39. The maximum atomic E-state index is 13.0. The first kappa shape index (κ1) is 18.2. The number of fused-ring (bicyclic) bond motifs is 1. The number of amides is 1. The van der Waals surface area contributed by atoms with Crippen LogP contribution in [0.2, 0.25) is 0 Å². The van der Waals surface area contributed by atoms with E-state index in [0.717, 1.165) is 30.6 Å². The van der Waals surface area contributed by atoms with Gasteiger partial charge >= 0.3 is 5.97 Å². The molecule has 1 aliphatic carbocycles. The summed E-state index contributed by atoms with van der Waals surface area (Å²) in [6.45, 7) is 1.38. The van der Waals surface area contributed by atoms with E-state index >= 15 is 0 Å². The number of aromatic carboxylic acids is 1. The fourth-order valence-corrected chi connectivity index (χ4v) is 5.31. The number of carbonyl (C=O) groups is 2. The van der Waals surface area contributed by atoms with E-state index in [0.29, 0.717) is 13.1 Å². The van der Waals surface area contributed by atoms with Crippen LogP contribution in [-0.4, -0.2) is 44.8 Å². The van der Waals surface area contributed by atoms with Crippen molar-refractivity contribution in [2.24, 2.45) is 0 Å². The number of likely N-dealkylation sites (tertiary alicyclic amines) is 1. The molecule has 0 radical (unpaired) electrons. The van der Waals surface area contributed by atoms with Gasteiger partial charge in [0.1, 0.15) is 0 Å². The van der Waals surface area contributed by atoms with E-state index in [2.05, 4.69) is 11.2 Å². The van der Waals surface area contributed by atoms with Gasteiger partial charge < -0.3 is 10.0 Å². The molecule has 1 saturated heterocycles. The molecule has 4 rings (SSSR count). The molecule has 7 heteroatoms. The van der Waals surface area contributed by atoms with Crippen LogP contribution in [0.25, 0.3) is 0 Å². The van der Waals surface area contributed by atoms with Crippen LogP contribution >= 0.6 is 11.3 Å². The Labute approximate surface area is 162 Å². The van der Waals surface area contributed by atoms with Crippen LogP contribution in [0.5, 0.6) is 0 Å². The largest absolute Gasteiger partial charge is 0.478 e. The molecule has 0 unspecified atom stereocenters. The molecule has 0 atom stereocenters. The van der Waals surface area contributed by atoms with Crippen LogP contribution in [0.1, 0.15) is 75.0 Å². The van der Waals surface area contributed by atoms with Crippen molar-refractivity contribution in [1.82, 2.24) is 14.7 Å². The average Bonchev–Trinajstić information content (AvgIpc) is 3.29. The van der Waals surface area contributed by atoms with Crippen molar-refractivity contribution >= 4 is 23.2 Å². The van der Waals surface area contributed by atoms with Gasteiger partial charge in [0.2, 0.25) is 0 Å². The highest BCUT2D eigenvalue weighted by Gasteiger charge is 2.27. The third-order valence-corrected chi connectivity index (χ3v) is 6.91. The Morgan fingerprint density at radius 1 is 1.11 bits per heavy atom. The Morgan fingerprint density at radius 2 is 1.85 bits per heavy atom. The van der Waals surface area contributed by atoms with Crippen molar-refractivity contribution < 1.29 is 14.7 Å². The van der Waals surface area contributed by atoms with Crippen molar-refractivity contribution in [3.8, 4) is 0 Å². The quantitative estimate of drug-likeness (QED) is 0.870. The van der Waals surface area contributed by atoms with Gasteiger partial charge in [-0.25, -0.2) is 4.79 Å². The topological polar surface area (TPSA) is 75.4 Å². The summed E-state index contributed by atoms with van der Waals surface area (Å²) in [5.41, 5.74) is 1.60. The molecule has 0 bridgehead atoms. The predicted molar refractivity (Wildman–Crippen MR) is 104 cm³/mol. The fraction of sp³-hybridized carbons (Fsp3) is 0.550. The number of hydrogen-bond donors (Lipinski definition) is 1. The molecule has 0 spiro atoms. The molecule has 6 nitrogen and oxygen atoms in total. The second-order valence-electron chi connectivity index (χ2n) is 7.51. The van der Waals surface area contributed by atoms with Crippen LogP contribution in [0.15, 0.2) is 18.5 Å². The van der Waals surface area contributed by atoms with Gasteiger partial charge in [-0.05, 0) is 50.2 Å². The number of rotatable bonds is 3. The van der Waals surface area contributed by atoms with E-state index in [9.17, 15) is 9.59 Å². The van der Waals surface area contributed by atoms with E-state index in [1.165, 1.54) is 42.3 Å². The van der Waals surface area contributed by atoms with Gasteiger partial charge in [-0.3, -0.25) is 9.48 Å². The lowest BCUT2D eigenvalue weighted by molar-refractivity contribution is 0.0691. The number of hydrogen-bond acceptors (Lipinski definition) is 4. The van der Waals surface area contributed by atoms with Crippen LogP contribution in [0.3, 0.4) is 0 Å². The van der Waals surface area contributed by atoms with Crippen molar-refractivity contribution in [3.05, 3.63) is 39.3 Å². The van der Waals surface area contributed by atoms with Gasteiger partial charge in [-0.15, -0.1) is 11.3 Å². The molecule has 0 saturated carbocycles. The number of thiophene rings is 1. The molecule has 1 N–H and O–H groups in total. The summed E-state index contributed by atoms with van der Waals surface area (Å²) in [6.07, 6.45) is 11.8. The van der Waals surface area contributed by atoms with E-state index in [1.54, 1.807) is 22.2 Å². The van der Waals surface area contributed by atoms with Crippen molar-refractivity contribution in [1.29, 1.82) is 0 Å². The van der Waals surface area contributed by atoms with Gasteiger partial charge in [0.25, 0.3) is 5.91 Å². The lowest BCUT2D eigenvalue weighted by Gasteiger charge is -2.31. The highest BCUT2D eigenvalue weighted by atomic mass is 32.1. The van der Waals surface area contributed by atoms with Crippen molar-refractivity contribution in [3.63, 3.8) is 0 Å². The maximum Gasteiger partial charge on any atom is 0.338 e. The standard InChI is InChI=1S/C20H25N3O3S/c24-19(18-11-14-5-3-1-2-4-6-17(14)27-18)22-9-7-16(8-10-22)23-13-15(12-21-23)20(25)26/h11-13,16H,1-10H2,(H,25,26). The van der Waals surface area contributed by atoms with Crippen LogP contribution in [0, 0.1) is 0 Å². The summed E-state index contributed by atoms with van der Waals surface area (Å²) >= 11 is 1.69. The number of carboxylic acids is 1. The number of carbonyl (C=O) groups excluding carboxylic acids is 1. The minimum Gasteiger partial charge on any atom is -0.478 e. The second kappa shape index (κ2) is 7.84. The molecule has 1 amide bonds. The van der Waals surface area contributed by atoms with E-state index < -0.39 is 5.97 Å². The Hall–Kier alpha value is -2.15. The Morgan fingerprint density at radius 3 is 2.56 bits per heavy atom. The minimum atomic E-state index is -0.956. The summed E-state index contributed by atoms with van der Waals surface area (Å²) in [4.78, 5) is 28.2. The predicted octanol–water partition coefficient (Wildman–Crippen LogP) is 3.78. The lowest BCUT2D eigenvalue weighted by Crippen LogP contribution is -2.38. The molecular formula is C20H25N3O3S. The van der Waals surface area contributed by atoms with Gasteiger partial charge in [-0.1, -0.05) is 12.8 Å². The molecule has 27 heavy (non-hydrogen) atoms. The lowest BCUT2D eigenvalue weighted by atomic mass is 9.99. The average molecular weight is 388 g/mol. The number of carboxylic acid groups (broad SMARTS) is 1. The molecular weight excluding hydrogens is 362 g/mol. The highest BCUT2D eigenvalue weighted by Crippen LogP contribution is 2.30. The van der Waals surface area contributed by atoms with Gasteiger partial charge in [0.05, 0.1) is 22.7 Å². The SMILES string of the molecule is O=C(O)c1cnn(C2CCN(C(=O)c3cc4c(s3)CCCCCC4)CC2)c1. The number of nitrogens with zero attached hydrogens (tertiary/aromatic N) is 3. The Bertz CT molecular complexity index is 808. The fourth-order valence-electron chi connectivity index (χ4n) is 4.09. The minimum absolute atomic E-state index is 0.150. The third kappa shape index (κ3) is 3.93. The first-order valence-corrected chi connectivity index (χ1v) is 10.6. The molecule has 0 aromatic carbocycles. The van der Waals surface area contributed by atoms with Crippen molar-refractivity contribution in [2.45, 2.75) is 57.4 Å². The summed E-state index contributed by atoms with van der Waals surface area (Å²) in [6, 6.07) is 2.29. The summed E-state index contributed by atoms with van der Waals surface area (Å²) in [5, 5.41) is 13.2. The normalized spacial score (nSPS) is 18.6. The summed E-state index contributed by atoms with van der Waals surface area (Å²) in [5.74, 6) is -0.806. The Kier molecular flexibility index (Phi) is 5.29. The molecule has 1 fully saturated rings. The number of aryl methyl sites for hydroxylation is 2. The first-order valence-electron chi connectivity index (χ1n) is 9.80. The van der Waals surface area contributed by atoms with Crippen LogP contribution < -0.4 is 0 Å². The van der Waals surface area contributed by atoms with Crippen molar-refractivity contribution in [2.75, 3.05) is 13.1 Å². The second-order valence-corrected chi connectivity index (χ2v) is 8.65. The summed E-state index contributed by atoms with van der Waals surface area (Å²) in [7, 11) is 0. The van der Waals surface area contributed by atoms with Crippen LogP contribution in [-0.2, 0) is 12.8 Å². The maximum absolute atomic E-state index is 13.0. The zero-order valence-corrected chi connectivity index (χ0v) is 16.2. The first-order chi connectivity index (χ1) is 13.1. The monoisotopic (exact) mass is 387 g/mol. The molecule has 1 aliphatic heterocycles. The molecule has 2 aliphatic rings. The summed E-state index contributed by atoms with van der Waals surface area (Å²) < 4.78 is 1.74. The van der Waals surface area contributed by atoms with E-state index in [1.807, 2.05) is 4.90 Å². The zero-order chi connectivity index (χ0) is 18.8. The molecule has 2 aromatic heterocycles. The van der Waals surface area contributed by atoms with E-state index in [4.69, 9.17) is 5.11 Å². The number of piperidine rings is 1. The molecule has 2 aromatic rings. The highest BCUT2D eigenvalue weighted by molar-refractivity contribution is 7.14. The third-order valence-electron chi connectivity index (χ3n) is 5.68. The molecule has 144 valence electrons. The molecule has 3 heterocycles.